The lowest BCUT2D eigenvalue weighted by molar-refractivity contribution is -0.139. The van der Waals surface area contributed by atoms with Crippen molar-refractivity contribution in [3.8, 4) is 5.75 Å². The first-order valence-corrected chi connectivity index (χ1v) is 7.72. The number of hydrogen-bond acceptors (Lipinski definition) is 3. The maximum Gasteiger partial charge on any atom is 0.225 e. The van der Waals surface area contributed by atoms with Crippen molar-refractivity contribution in [1.29, 1.82) is 0 Å². The van der Waals surface area contributed by atoms with E-state index >= 15 is 0 Å². The van der Waals surface area contributed by atoms with Crippen molar-refractivity contribution in [2.75, 3.05) is 19.7 Å². The third kappa shape index (κ3) is 4.46. The Morgan fingerprint density at radius 1 is 1.43 bits per heavy atom. The van der Waals surface area contributed by atoms with E-state index < -0.39 is 6.10 Å². The molecule has 3 atom stereocenters. The topological polar surface area (TPSA) is 49.8 Å². The van der Waals surface area contributed by atoms with Crippen LogP contribution in [-0.4, -0.2) is 41.7 Å². The van der Waals surface area contributed by atoms with Crippen LogP contribution in [0, 0.1) is 11.8 Å². The van der Waals surface area contributed by atoms with Crippen LogP contribution in [0.5, 0.6) is 5.75 Å². The third-order valence-electron chi connectivity index (χ3n) is 4.21. The Morgan fingerprint density at radius 3 is 2.81 bits per heavy atom. The van der Waals surface area contributed by atoms with E-state index in [1.807, 2.05) is 44.2 Å². The third-order valence-corrected chi connectivity index (χ3v) is 4.21. The number of β-amino-alcohol motifs (C(OH)–C–C–N with tert-alkyl or cyclic N) is 1. The van der Waals surface area contributed by atoms with Crippen molar-refractivity contribution < 1.29 is 14.6 Å². The molecule has 3 unspecified atom stereocenters. The van der Waals surface area contributed by atoms with E-state index in [0.717, 1.165) is 18.7 Å². The lowest BCUT2D eigenvalue weighted by atomic mass is 9.94. The molecule has 1 aromatic rings. The molecule has 1 N–H and O–H groups in total. The predicted molar refractivity (Wildman–Crippen MR) is 82.1 cm³/mol. The molecule has 0 radical (unpaired) electrons. The molecule has 1 aromatic carbocycles. The summed E-state index contributed by atoms with van der Waals surface area (Å²) in [5, 5.41) is 9.88. The van der Waals surface area contributed by atoms with Gasteiger partial charge in [-0.2, -0.15) is 0 Å². The van der Waals surface area contributed by atoms with E-state index in [4.69, 9.17) is 4.74 Å². The molecule has 1 saturated heterocycles. The second-order valence-corrected chi connectivity index (χ2v) is 5.97. The second-order valence-electron chi connectivity index (χ2n) is 5.97. The molecule has 0 saturated carbocycles. The first kappa shape index (κ1) is 15.8. The van der Waals surface area contributed by atoms with Gasteiger partial charge in [-0.1, -0.05) is 32.0 Å². The van der Waals surface area contributed by atoms with Crippen LogP contribution in [0.15, 0.2) is 30.3 Å². The minimum atomic E-state index is -0.393. The van der Waals surface area contributed by atoms with Crippen LogP contribution in [0.25, 0.3) is 0 Å². The number of carbonyl (C=O) groups excluding carboxylic acids is 1. The number of piperidine rings is 1. The first-order chi connectivity index (χ1) is 10.1. The molecule has 1 fully saturated rings. The Balaban J connectivity index is 1.75. The summed E-state index contributed by atoms with van der Waals surface area (Å²) >= 11 is 0. The lowest BCUT2D eigenvalue weighted by Crippen LogP contribution is -2.47. The Bertz CT molecular complexity index is 449. The molecule has 2 rings (SSSR count). The van der Waals surface area contributed by atoms with Gasteiger partial charge in [-0.3, -0.25) is 4.79 Å². The Hall–Kier alpha value is -1.55. The molecule has 1 amide bonds. The van der Waals surface area contributed by atoms with Crippen molar-refractivity contribution in [2.24, 2.45) is 11.8 Å². The monoisotopic (exact) mass is 291 g/mol. The van der Waals surface area contributed by atoms with Crippen LogP contribution >= 0.6 is 0 Å². The number of aliphatic hydroxyl groups is 1. The average molecular weight is 291 g/mol. The summed E-state index contributed by atoms with van der Waals surface area (Å²) in [5.41, 5.74) is 0. The van der Waals surface area contributed by atoms with E-state index in [9.17, 15) is 9.90 Å². The molecular formula is C17H25NO3. The Labute approximate surface area is 126 Å². The van der Waals surface area contributed by atoms with Gasteiger partial charge in [0.05, 0.1) is 12.7 Å². The van der Waals surface area contributed by atoms with Gasteiger partial charge in [0, 0.05) is 19.0 Å². The first-order valence-electron chi connectivity index (χ1n) is 7.72. The molecule has 4 heteroatoms. The van der Waals surface area contributed by atoms with Gasteiger partial charge in [0.1, 0.15) is 5.75 Å². The van der Waals surface area contributed by atoms with Crippen molar-refractivity contribution in [3.63, 3.8) is 0 Å². The van der Waals surface area contributed by atoms with Gasteiger partial charge in [-0.15, -0.1) is 0 Å². The van der Waals surface area contributed by atoms with Crippen molar-refractivity contribution in [2.45, 2.75) is 32.8 Å². The number of ether oxygens (including phenoxy) is 1. The number of amides is 1. The normalized spacial score (nSPS) is 23.7. The van der Waals surface area contributed by atoms with Crippen molar-refractivity contribution in [1.82, 2.24) is 4.90 Å². The highest BCUT2D eigenvalue weighted by atomic mass is 16.5. The van der Waals surface area contributed by atoms with Gasteiger partial charge in [0.25, 0.3) is 0 Å². The summed E-state index contributed by atoms with van der Waals surface area (Å²) < 4.78 is 5.63. The fraction of sp³-hybridized carbons (Fsp3) is 0.588. The molecule has 0 aliphatic carbocycles. The summed E-state index contributed by atoms with van der Waals surface area (Å²) in [6, 6.07) is 9.63. The zero-order valence-corrected chi connectivity index (χ0v) is 12.9. The molecule has 1 heterocycles. The number of para-hydroxylation sites is 1. The van der Waals surface area contributed by atoms with Crippen molar-refractivity contribution in [3.05, 3.63) is 30.3 Å². The molecule has 116 valence electrons. The predicted octanol–water partition coefficient (Wildman–Crippen LogP) is 2.32. The van der Waals surface area contributed by atoms with E-state index in [1.165, 1.54) is 0 Å². The zero-order valence-electron chi connectivity index (χ0n) is 12.9. The number of carbonyl (C=O) groups is 1. The Morgan fingerprint density at radius 2 is 2.14 bits per heavy atom. The fourth-order valence-corrected chi connectivity index (χ4v) is 2.55. The van der Waals surface area contributed by atoms with Gasteiger partial charge in [0.15, 0.2) is 0 Å². The van der Waals surface area contributed by atoms with Crippen LogP contribution in [-0.2, 0) is 4.79 Å². The quantitative estimate of drug-likeness (QED) is 0.906. The maximum absolute atomic E-state index is 12.4. The number of rotatable bonds is 5. The molecule has 0 aromatic heterocycles. The van der Waals surface area contributed by atoms with Gasteiger partial charge >= 0.3 is 0 Å². The maximum atomic E-state index is 12.4. The van der Waals surface area contributed by atoms with E-state index in [-0.39, 0.29) is 17.7 Å². The minimum Gasteiger partial charge on any atom is -0.494 e. The van der Waals surface area contributed by atoms with E-state index in [2.05, 4.69) is 0 Å². The van der Waals surface area contributed by atoms with Gasteiger partial charge in [-0.25, -0.2) is 0 Å². The summed E-state index contributed by atoms with van der Waals surface area (Å²) in [6.45, 7) is 5.71. The number of nitrogens with zero attached hydrogens (tertiary/aromatic N) is 1. The average Bonchev–Trinajstić information content (AvgIpc) is 2.50. The molecule has 1 aliphatic heterocycles. The smallest absolute Gasteiger partial charge is 0.225 e. The van der Waals surface area contributed by atoms with Crippen LogP contribution in [0.3, 0.4) is 0 Å². The molecule has 0 bridgehead atoms. The second kappa shape index (κ2) is 7.46. The van der Waals surface area contributed by atoms with E-state index in [0.29, 0.717) is 19.6 Å². The van der Waals surface area contributed by atoms with Crippen LogP contribution in [0.4, 0.5) is 0 Å². The largest absolute Gasteiger partial charge is 0.494 e. The van der Waals surface area contributed by atoms with Crippen molar-refractivity contribution >= 4 is 5.91 Å². The zero-order chi connectivity index (χ0) is 15.2. The van der Waals surface area contributed by atoms with Crippen LogP contribution in [0.2, 0.25) is 0 Å². The van der Waals surface area contributed by atoms with Gasteiger partial charge in [-0.05, 0) is 30.9 Å². The SMILES string of the molecule is CC(CCOc1ccccc1)C(=O)N1CCC(C)C(O)C1. The fourth-order valence-electron chi connectivity index (χ4n) is 2.55. The number of aliphatic hydroxyl groups excluding tert-OH is 1. The molecule has 0 spiro atoms. The summed E-state index contributed by atoms with van der Waals surface area (Å²) in [7, 11) is 0. The molecular weight excluding hydrogens is 266 g/mol. The highest BCUT2D eigenvalue weighted by molar-refractivity contribution is 5.78. The molecule has 21 heavy (non-hydrogen) atoms. The van der Waals surface area contributed by atoms with Crippen LogP contribution in [0.1, 0.15) is 26.7 Å². The van der Waals surface area contributed by atoms with E-state index in [1.54, 1.807) is 4.90 Å². The summed E-state index contributed by atoms with van der Waals surface area (Å²) in [4.78, 5) is 14.1. The highest BCUT2D eigenvalue weighted by Gasteiger charge is 2.29. The summed E-state index contributed by atoms with van der Waals surface area (Å²) in [6.07, 6.45) is 1.17. The number of likely N-dealkylation sites (tertiary alicyclic amines) is 1. The van der Waals surface area contributed by atoms with Gasteiger partial charge in [0.2, 0.25) is 5.91 Å². The lowest BCUT2D eigenvalue weighted by Gasteiger charge is -2.35. The minimum absolute atomic E-state index is 0.0747. The molecule has 1 aliphatic rings. The Kier molecular flexibility index (Phi) is 5.62. The number of benzene rings is 1. The number of hydrogen-bond donors (Lipinski definition) is 1. The van der Waals surface area contributed by atoms with Gasteiger partial charge < -0.3 is 14.7 Å². The summed E-state index contributed by atoms with van der Waals surface area (Å²) in [5.74, 6) is 1.16. The van der Waals surface area contributed by atoms with Crippen LogP contribution < -0.4 is 4.74 Å². The highest BCUT2D eigenvalue weighted by Crippen LogP contribution is 2.20. The standard InChI is InChI=1S/C17H25NO3/c1-13-8-10-18(12-16(13)19)17(20)14(2)9-11-21-15-6-4-3-5-7-15/h3-7,13-14,16,19H,8-12H2,1-2H3. The molecule has 4 nitrogen and oxygen atoms in total.